The van der Waals surface area contributed by atoms with E-state index in [9.17, 15) is 30.3 Å². The minimum atomic E-state index is -0.808. The Bertz CT molecular complexity index is 1450. The maximum absolute atomic E-state index is 12.5. The number of anilines is 1. The van der Waals surface area contributed by atoms with E-state index in [0.717, 1.165) is 18.2 Å². The van der Waals surface area contributed by atoms with Gasteiger partial charge >= 0.3 is 5.69 Å². The summed E-state index contributed by atoms with van der Waals surface area (Å²) in [4.78, 5) is 33.3. The molecule has 0 unspecified atom stereocenters. The van der Waals surface area contributed by atoms with Gasteiger partial charge in [0.1, 0.15) is 11.6 Å². The molecule has 182 valence electrons. The second-order valence-corrected chi connectivity index (χ2v) is 7.75. The molecule has 36 heavy (non-hydrogen) atoms. The topological polar surface area (TPSA) is 158 Å². The van der Waals surface area contributed by atoms with E-state index in [1.54, 1.807) is 0 Å². The van der Waals surface area contributed by atoms with Gasteiger partial charge in [0, 0.05) is 11.8 Å². The molecule has 13 heteroatoms. The summed E-state index contributed by atoms with van der Waals surface area (Å²) in [7, 11) is 1.32. The number of rotatable bonds is 8. The van der Waals surface area contributed by atoms with Crippen LogP contribution in [0.25, 0.3) is 6.08 Å². The molecule has 0 aliphatic rings. The summed E-state index contributed by atoms with van der Waals surface area (Å²) >= 11 is 11.8. The van der Waals surface area contributed by atoms with Crippen LogP contribution in [0.5, 0.6) is 17.2 Å². The lowest BCUT2D eigenvalue weighted by Gasteiger charge is -2.11. The number of hydrogen-bond donors (Lipinski definition) is 1. The van der Waals surface area contributed by atoms with E-state index in [2.05, 4.69) is 5.32 Å². The molecule has 3 rings (SSSR count). The van der Waals surface area contributed by atoms with E-state index in [0.29, 0.717) is 16.3 Å². The molecule has 3 aromatic rings. The van der Waals surface area contributed by atoms with Crippen molar-refractivity contribution in [3.63, 3.8) is 0 Å². The van der Waals surface area contributed by atoms with Gasteiger partial charge in [-0.25, -0.2) is 0 Å². The fraction of sp³-hybridized carbons (Fsp3) is 0.0435. The number of ether oxygens (including phenoxy) is 2. The molecule has 0 heterocycles. The molecule has 0 spiro atoms. The van der Waals surface area contributed by atoms with E-state index in [-0.39, 0.29) is 27.8 Å². The van der Waals surface area contributed by atoms with Crippen molar-refractivity contribution in [2.24, 2.45) is 0 Å². The third-order valence-electron chi connectivity index (χ3n) is 4.61. The highest BCUT2D eigenvalue weighted by Crippen LogP contribution is 2.38. The fourth-order valence-corrected chi connectivity index (χ4v) is 3.21. The van der Waals surface area contributed by atoms with Crippen LogP contribution in [-0.2, 0) is 4.79 Å². The number of hydrogen-bond acceptors (Lipinski definition) is 8. The molecule has 0 fully saturated rings. The van der Waals surface area contributed by atoms with Crippen LogP contribution in [0.3, 0.4) is 0 Å². The number of amides is 1. The summed E-state index contributed by atoms with van der Waals surface area (Å²) in [5.74, 6) is -0.758. The second-order valence-electron chi connectivity index (χ2n) is 6.93. The standard InChI is InChI=1S/C23H14Cl2N4O7/c1-35-22-9-13(8-14(12-26)23(30)27-15-3-5-17(24)18(25)10-15)2-6-21(22)36-20-7-4-16(28(31)32)11-19(20)29(33)34/h2-11H,1H3,(H,27,30)/b14-8+. The molecule has 11 nitrogen and oxygen atoms in total. The molecule has 0 bridgehead atoms. The first-order valence-corrected chi connectivity index (χ1v) is 10.6. The van der Waals surface area contributed by atoms with Gasteiger partial charge in [0.15, 0.2) is 11.5 Å². The molecule has 0 saturated heterocycles. The highest BCUT2D eigenvalue weighted by atomic mass is 35.5. The molecular weight excluding hydrogens is 515 g/mol. The van der Waals surface area contributed by atoms with Crippen LogP contribution in [0.2, 0.25) is 10.0 Å². The van der Waals surface area contributed by atoms with Gasteiger partial charge in [-0.05, 0) is 48.0 Å². The van der Waals surface area contributed by atoms with Gasteiger partial charge in [-0.3, -0.25) is 25.0 Å². The van der Waals surface area contributed by atoms with Crippen LogP contribution in [-0.4, -0.2) is 22.9 Å². The Balaban J connectivity index is 1.88. The smallest absolute Gasteiger partial charge is 0.318 e. The quantitative estimate of drug-likeness (QED) is 0.157. The minimum Gasteiger partial charge on any atom is -0.493 e. The molecule has 0 saturated carbocycles. The summed E-state index contributed by atoms with van der Waals surface area (Å²) in [5, 5.41) is 34.8. The Hall–Kier alpha value is -4.66. The van der Waals surface area contributed by atoms with E-state index in [1.807, 2.05) is 6.07 Å². The van der Waals surface area contributed by atoms with Crippen molar-refractivity contribution in [2.45, 2.75) is 0 Å². The summed E-state index contributed by atoms with van der Waals surface area (Å²) in [6, 6.07) is 13.5. The predicted molar refractivity (Wildman–Crippen MR) is 132 cm³/mol. The Morgan fingerprint density at radius 2 is 1.69 bits per heavy atom. The highest BCUT2D eigenvalue weighted by molar-refractivity contribution is 6.42. The molecule has 0 atom stereocenters. The molecule has 1 amide bonds. The van der Waals surface area contributed by atoms with Crippen molar-refractivity contribution in [1.29, 1.82) is 5.26 Å². The van der Waals surface area contributed by atoms with Gasteiger partial charge in [0.2, 0.25) is 5.75 Å². The summed E-state index contributed by atoms with van der Waals surface area (Å²) in [6.45, 7) is 0. The zero-order valence-electron chi connectivity index (χ0n) is 18.2. The van der Waals surface area contributed by atoms with Crippen LogP contribution in [0.1, 0.15) is 5.56 Å². The number of halogens is 2. The highest BCUT2D eigenvalue weighted by Gasteiger charge is 2.22. The van der Waals surface area contributed by atoms with Gasteiger partial charge in [0.25, 0.3) is 11.6 Å². The first kappa shape index (κ1) is 26.0. The first-order chi connectivity index (χ1) is 17.1. The van der Waals surface area contributed by atoms with E-state index < -0.39 is 27.1 Å². The third-order valence-corrected chi connectivity index (χ3v) is 5.35. The number of nitro benzene ring substituents is 2. The molecular formula is C23H14Cl2N4O7. The van der Waals surface area contributed by atoms with E-state index in [1.165, 1.54) is 49.6 Å². The molecule has 3 aromatic carbocycles. The van der Waals surface area contributed by atoms with Crippen molar-refractivity contribution in [2.75, 3.05) is 12.4 Å². The van der Waals surface area contributed by atoms with Gasteiger partial charge in [0.05, 0.1) is 33.1 Å². The monoisotopic (exact) mass is 528 g/mol. The zero-order chi connectivity index (χ0) is 26.4. The van der Waals surface area contributed by atoms with Crippen molar-refractivity contribution in [1.82, 2.24) is 0 Å². The second kappa shape index (κ2) is 11.2. The summed E-state index contributed by atoms with van der Waals surface area (Å²) < 4.78 is 10.9. The SMILES string of the molecule is COc1cc(/C=C(\C#N)C(=O)Nc2ccc(Cl)c(Cl)c2)ccc1Oc1ccc([N+](=O)[O-])cc1[N+](=O)[O-]. The predicted octanol–water partition coefficient (Wildman–Crippen LogP) is 6.16. The molecule has 1 N–H and O–H groups in total. The average molecular weight is 529 g/mol. The van der Waals surface area contributed by atoms with Gasteiger partial charge in [-0.2, -0.15) is 5.26 Å². The van der Waals surface area contributed by atoms with Crippen LogP contribution >= 0.6 is 23.2 Å². The van der Waals surface area contributed by atoms with Crippen LogP contribution < -0.4 is 14.8 Å². The number of nitriles is 1. The Morgan fingerprint density at radius 1 is 0.972 bits per heavy atom. The number of methoxy groups -OCH3 is 1. The number of carbonyl (C=O) groups is 1. The van der Waals surface area contributed by atoms with Gasteiger partial charge in [-0.1, -0.05) is 29.3 Å². The Morgan fingerprint density at radius 3 is 2.31 bits per heavy atom. The van der Waals surface area contributed by atoms with Crippen LogP contribution in [0.15, 0.2) is 60.2 Å². The van der Waals surface area contributed by atoms with Gasteiger partial charge < -0.3 is 14.8 Å². The number of nitrogens with one attached hydrogen (secondary N) is 1. The fourth-order valence-electron chi connectivity index (χ4n) is 2.91. The number of non-ortho nitro benzene ring substituents is 1. The lowest BCUT2D eigenvalue weighted by atomic mass is 10.1. The number of nitrogens with zero attached hydrogens (tertiary/aromatic N) is 3. The maximum Gasteiger partial charge on any atom is 0.318 e. The summed E-state index contributed by atoms with van der Waals surface area (Å²) in [5.41, 5.74) is -0.590. The van der Waals surface area contributed by atoms with Crippen molar-refractivity contribution < 1.29 is 24.1 Å². The van der Waals surface area contributed by atoms with Crippen LogP contribution in [0, 0.1) is 31.6 Å². The largest absolute Gasteiger partial charge is 0.493 e. The van der Waals surface area contributed by atoms with Crippen LogP contribution in [0.4, 0.5) is 17.1 Å². The molecule has 0 radical (unpaired) electrons. The number of carbonyl (C=O) groups excluding carboxylic acids is 1. The van der Waals surface area contributed by atoms with Gasteiger partial charge in [-0.15, -0.1) is 0 Å². The van der Waals surface area contributed by atoms with E-state index >= 15 is 0 Å². The Kier molecular flexibility index (Phi) is 8.06. The molecule has 0 aromatic heterocycles. The van der Waals surface area contributed by atoms with Crippen molar-refractivity contribution >= 4 is 52.2 Å². The first-order valence-electron chi connectivity index (χ1n) is 9.80. The number of benzene rings is 3. The zero-order valence-corrected chi connectivity index (χ0v) is 19.7. The van der Waals surface area contributed by atoms with E-state index in [4.69, 9.17) is 32.7 Å². The van der Waals surface area contributed by atoms with Crippen molar-refractivity contribution in [3.8, 4) is 23.3 Å². The molecule has 0 aliphatic carbocycles. The van der Waals surface area contributed by atoms with Crippen molar-refractivity contribution in [3.05, 3.63) is 96.0 Å². The molecule has 0 aliphatic heterocycles. The Labute approximate surface area is 213 Å². The maximum atomic E-state index is 12.5. The normalized spacial score (nSPS) is 10.8. The lowest BCUT2D eigenvalue weighted by molar-refractivity contribution is -0.394. The lowest BCUT2D eigenvalue weighted by Crippen LogP contribution is -2.13. The third kappa shape index (κ3) is 6.06. The summed E-state index contributed by atoms with van der Waals surface area (Å²) in [6.07, 6.45) is 1.30. The average Bonchev–Trinajstić information content (AvgIpc) is 2.85. The minimum absolute atomic E-state index is 0.0605. The number of nitro groups is 2.